The number of Topliss-reactive ketones (excluding diaryl/α,β-unsaturated/α-hetero) is 1. The minimum absolute atomic E-state index is 0.189. The zero-order chi connectivity index (χ0) is 15.5. The molecule has 0 aliphatic heterocycles. The standard InChI is InChI=1S/C17H23BN2O/c1-4-13-15(20-14(18)5-2)12(11-19-13)16(21)17(3)9-7-6-8-10-17/h5,11,19H,2,4,6-10H2,1,3H3. The summed E-state index contributed by atoms with van der Waals surface area (Å²) in [6.45, 7) is 7.74. The van der Waals surface area contributed by atoms with Crippen LogP contribution in [0.15, 0.2) is 23.8 Å². The minimum Gasteiger partial charge on any atom is -0.362 e. The number of ketones is 1. The third-order valence-electron chi connectivity index (χ3n) is 4.49. The molecule has 1 heterocycles. The van der Waals surface area contributed by atoms with E-state index in [2.05, 4.69) is 23.5 Å². The summed E-state index contributed by atoms with van der Waals surface area (Å²) in [5, 5.41) is 0. The van der Waals surface area contributed by atoms with Gasteiger partial charge in [0, 0.05) is 17.3 Å². The van der Waals surface area contributed by atoms with E-state index in [4.69, 9.17) is 7.85 Å². The van der Waals surface area contributed by atoms with Crippen LogP contribution in [-0.4, -0.2) is 24.2 Å². The van der Waals surface area contributed by atoms with Gasteiger partial charge in [-0.2, -0.15) is 0 Å². The van der Waals surface area contributed by atoms with E-state index in [1.54, 1.807) is 6.20 Å². The molecule has 0 unspecified atom stereocenters. The van der Waals surface area contributed by atoms with E-state index in [0.717, 1.165) is 37.8 Å². The lowest BCUT2D eigenvalue weighted by Gasteiger charge is -2.31. The van der Waals surface area contributed by atoms with Crippen molar-refractivity contribution in [2.75, 3.05) is 0 Å². The number of rotatable bonds is 5. The average Bonchev–Trinajstić information content (AvgIpc) is 2.89. The maximum Gasteiger partial charge on any atom is 0.172 e. The highest BCUT2D eigenvalue weighted by molar-refractivity contribution is 6.63. The van der Waals surface area contributed by atoms with Crippen molar-refractivity contribution in [2.24, 2.45) is 10.4 Å². The van der Waals surface area contributed by atoms with Crippen molar-refractivity contribution in [3.63, 3.8) is 0 Å². The lowest BCUT2D eigenvalue weighted by Crippen LogP contribution is -2.30. The molecule has 4 heteroatoms. The highest BCUT2D eigenvalue weighted by Crippen LogP contribution is 2.41. The molecule has 0 bridgehead atoms. The second-order valence-corrected chi connectivity index (χ2v) is 6.07. The van der Waals surface area contributed by atoms with Gasteiger partial charge < -0.3 is 4.98 Å². The number of allylic oxidation sites excluding steroid dienone is 1. The summed E-state index contributed by atoms with van der Waals surface area (Å²) in [4.78, 5) is 20.5. The molecule has 1 aromatic heterocycles. The monoisotopic (exact) mass is 282 g/mol. The fourth-order valence-electron chi connectivity index (χ4n) is 3.09. The molecule has 1 N–H and O–H groups in total. The topological polar surface area (TPSA) is 45.2 Å². The normalized spacial score (nSPS) is 18.5. The SMILES string of the molecule is [B]C(C=C)=Nc1c(C(=O)C2(C)CCCCC2)c[nH]c1CC. The molecule has 0 atom stereocenters. The Bertz CT molecular complexity index is 565. The number of H-pyrrole nitrogens is 1. The molecule has 0 spiro atoms. The van der Waals surface area contributed by atoms with E-state index >= 15 is 0 Å². The Morgan fingerprint density at radius 2 is 2.14 bits per heavy atom. The summed E-state index contributed by atoms with van der Waals surface area (Å²) in [6.07, 6.45) is 9.47. The lowest BCUT2D eigenvalue weighted by atomic mass is 9.71. The quantitative estimate of drug-likeness (QED) is 0.493. The van der Waals surface area contributed by atoms with Gasteiger partial charge >= 0.3 is 0 Å². The van der Waals surface area contributed by atoms with Crippen molar-refractivity contribution in [3.05, 3.63) is 30.1 Å². The van der Waals surface area contributed by atoms with Gasteiger partial charge in [-0.3, -0.25) is 9.79 Å². The van der Waals surface area contributed by atoms with Gasteiger partial charge in [-0.15, -0.1) is 0 Å². The maximum atomic E-state index is 13.0. The summed E-state index contributed by atoms with van der Waals surface area (Å²) in [6, 6.07) is 0. The summed E-state index contributed by atoms with van der Waals surface area (Å²) in [5.74, 6) is 0.189. The number of aliphatic imine (C=N–C) groups is 1. The highest BCUT2D eigenvalue weighted by Gasteiger charge is 2.36. The van der Waals surface area contributed by atoms with E-state index in [-0.39, 0.29) is 11.2 Å². The van der Waals surface area contributed by atoms with Crippen molar-refractivity contribution >= 4 is 24.9 Å². The van der Waals surface area contributed by atoms with Crippen molar-refractivity contribution in [2.45, 2.75) is 52.4 Å². The van der Waals surface area contributed by atoms with Crippen LogP contribution in [0, 0.1) is 5.41 Å². The largest absolute Gasteiger partial charge is 0.362 e. The number of hydrogen-bond acceptors (Lipinski definition) is 2. The van der Waals surface area contributed by atoms with Crippen molar-refractivity contribution in [3.8, 4) is 0 Å². The molecule has 0 saturated heterocycles. The van der Waals surface area contributed by atoms with Crippen LogP contribution < -0.4 is 0 Å². The predicted octanol–water partition coefficient (Wildman–Crippen LogP) is 4.11. The fraction of sp³-hybridized carbons (Fsp3) is 0.529. The number of aromatic amines is 1. The molecule has 1 saturated carbocycles. The molecular weight excluding hydrogens is 259 g/mol. The molecule has 0 amide bonds. The smallest absolute Gasteiger partial charge is 0.172 e. The van der Waals surface area contributed by atoms with Crippen LogP contribution in [0.1, 0.15) is 62.0 Å². The molecule has 3 nitrogen and oxygen atoms in total. The number of carbonyl (C=O) groups is 1. The van der Waals surface area contributed by atoms with Crippen LogP contribution in [0.4, 0.5) is 5.69 Å². The highest BCUT2D eigenvalue weighted by atomic mass is 16.1. The molecule has 0 aromatic carbocycles. The van der Waals surface area contributed by atoms with Gasteiger partial charge in [0.15, 0.2) is 5.78 Å². The molecule has 1 aromatic rings. The van der Waals surface area contributed by atoms with Gasteiger partial charge in [-0.05, 0) is 24.9 Å². The van der Waals surface area contributed by atoms with Crippen LogP contribution in [-0.2, 0) is 6.42 Å². The van der Waals surface area contributed by atoms with Crippen molar-refractivity contribution in [1.29, 1.82) is 0 Å². The van der Waals surface area contributed by atoms with Crippen LogP contribution >= 0.6 is 0 Å². The molecule has 2 radical (unpaired) electrons. The first-order valence-electron chi connectivity index (χ1n) is 7.73. The molecule has 1 aliphatic carbocycles. The second-order valence-electron chi connectivity index (χ2n) is 6.07. The molecule has 2 rings (SSSR count). The number of aryl methyl sites for hydroxylation is 1. The Hall–Kier alpha value is -1.58. The summed E-state index contributed by atoms with van der Waals surface area (Å²) in [7, 11) is 5.77. The van der Waals surface area contributed by atoms with E-state index in [1.807, 2.05) is 6.92 Å². The molecule has 1 fully saturated rings. The van der Waals surface area contributed by atoms with E-state index in [0.29, 0.717) is 16.9 Å². The summed E-state index contributed by atoms with van der Waals surface area (Å²) in [5.41, 5.74) is 2.38. The third-order valence-corrected chi connectivity index (χ3v) is 4.49. The third kappa shape index (κ3) is 3.20. The van der Waals surface area contributed by atoms with E-state index < -0.39 is 0 Å². The lowest BCUT2D eigenvalue weighted by molar-refractivity contribution is 0.0750. The van der Waals surface area contributed by atoms with E-state index in [9.17, 15) is 4.79 Å². The number of carbonyl (C=O) groups excluding carboxylic acids is 1. The minimum atomic E-state index is -0.265. The van der Waals surface area contributed by atoms with Gasteiger partial charge in [0.25, 0.3) is 0 Å². The molecule has 110 valence electrons. The van der Waals surface area contributed by atoms with Crippen LogP contribution in [0.5, 0.6) is 0 Å². The first-order valence-corrected chi connectivity index (χ1v) is 7.73. The van der Waals surface area contributed by atoms with Crippen molar-refractivity contribution < 1.29 is 4.79 Å². The predicted molar refractivity (Wildman–Crippen MR) is 88.7 cm³/mol. The Balaban J connectivity index is 2.41. The molecule has 1 aliphatic rings. The number of hydrogen-bond donors (Lipinski definition) is 1. The van der Waals surface area contributed by atoms with Gasteiger partial charge in [0.2, 0.25) is 0 Å². The summed E-state index contributed by atoms with van der Waals surface area (Å²) < 4.78 is 0. The van der Waals surface area contributed by atoms with E-state index in [1.165, 1.54) is 12.5 Å². The Morgan fingerprint density at radius 1 is 1.48 bits per heavy atom. The van der Waals surface area contributed by atoms with Gasteiger partial charge in [-0.25, -0.2) is 0 Å². The van der Waals surface area contributed by atoms with Gasteiger partial charge in [0.05, 0.1) is 11.3 Å². The first-order chi connectivity index (χ1) is 10.0. The number of nitrogens with zero attached hydrogens (tertiary/aromatic N) is 1. The first kappa shape index (κ1) is 15.8. The van der Waals surface area contributed by atoms with Gasteiger partial charge in [-0.1, -0.05) is 45.8 Å². The molecule has 21 heavy (non-hydrogen) atoms. The number of aromatic nitrogens is 1. The van der Waals surface area contributed by atoms with Crippen LogP contribution in [0.25, 0.3) is 0 Å². The van der Waals surface area contributed by atoms with Gasteiger partial charge in [0.1, 0.15) is 7.85 Å². The van der Waals surface area contributed by atoms with Crippen LogP contribution in [0.3, 0.4) is 0 Å². The maximum absolute atomic E-state index is 13.0. The average molecular weight is 282 g/mol. The zero-order valence-electron chi connectivity index (χ0n) is 13.0. The number of nitrogens with one attached hydrogen (secondary N) is 1. The Labute approximate surface area is 128 Å². The molecular formula is C17H23BN2O. The van der Waals surface area contributed by atoms with Crippen LogP contribution in [0.2, 0.25) is 0 Å². The Morgan fingerprint density at radius 3 is 2.71 bits per heavy atom. The fourth-order valence-corrected chi connectivity index (χ4v) is 3.09. The Kier molecular flexibility index (Phi) is 4.86. The summed E-state index contributed by atoms with van der Waals surface area (Å²) >= 11 is 0. The van der Waals surface area contributed by atoms with Crippen molar-refractivity contribution in [1.82, 2.24) is 4.98 Å². The second kappa shape index (κ2) is 6.46. The zero-order valence-corrected chi connectivity index (χ0v) is 13.0.